The summed E-state index contributed by atoms with van der Waals surface area (Å²) in [5.74, 6) is -0.451. The van der Waals surface area contributed by atoms with Crippen LogP contribution in [-0.4, -0.2) is 18.1 Å². The number of nitrogen functional groups attached to an aromatic ring is 2. The predicted molar refractivity (Wildman–Crippen MR) is 64.3 cm³/mol. The standard InChI is InChI=1S/C10H10N2O4S/c11-6-3-1-2-5-4-7(17(14,15)16)9(12)10(13)8(5)6/h1-4,13H,11-12H2,(H,14,15,16). The van der Waals surface area contributed by atoms with Crippen LogP contribution in [0.1, 0.15) is 0 Å². The molecule has 0 unspecified atom stereocenters. The first kappa shape index (κ1) is 11.5. The molecule has 0 saturated heterocycles. The van der Waals surface area contributed by atoms with E-state index in [1.165, 1.54) is 0 Å². The van der Waals surface area contributed by atoms with Gasteiger partial charge in [0.05, 0.1) is 5.69 Å². The molecule has 90 valence electrons. The Morgan fingerprint density at radius 1 is 1.18 bits per heavy atom. The molecule has 0 aliphatic rings. The van der Waals surface area contributed by atoms with Crippen LogP contribution in [-0.2, 0) is 10.1 Å². The first-order chi connectivity index (χ1) is 7.82. The molecule has 0 aliphatic carbocycles. The maximum Gasteiger partial charge on any atom is 0.296 e. The molecule has 2 aromatic rings. The molecule has 0 atom stereocenters. The minimum atomic E-state index is -4.49. The fourth-order valence-electron chi connectivity index (χ4n) is 1.67. The van der Waals surface area contributed by atoms with Gasteiger partial charge in [0.15, 0.2) is 0 Å². The Bertz CT molecular complexity index is 710. The fraction of sp³-hybridized carbons (Fsp3) is 0. The highest BCUT2D eigenvalue weighted by atomic mass is 32.2. The summed E-state index contributed by atoms with van der Waals surface area (Å²) in [6.45, 7) is 0. The van der Waals surface area contributed by atoms with Crippen molar-refractivity contribution >= 4 is 32.3 Å². The van der Waals surface area contributed by atoms with Gasteiger partial charge >= 0.3 is 0 Å². The van der Waals surface area contributed by atoms with Gasteiger partial charge in [-0.25, -0.2) is 0 Å². The molecule has 0 fully saturated rings. The lowest BCUT2D eigenvalue weighted by Crippen LogP contribution is -2.04. The zero-order chi connectivity index (χ0) is 12.8. The second-order valence-corrected chi connectivity index (χ2v) is 4.95. The van der Waals surface area contributed by atoms with Gasteiger partial charge in [-0.1, -0.05) is 12.1 Å². The molecule has 0 saturated carbocycles. The number of anilines is 2. The monoisotopic (exact) mass is 254 g/mol. The minimum Gasteiger partial charge on any atom is -0.505 e. The Kier molecular flexibility index (Phi) is 2.37. The number of rotatable bonds is 1. The van der Waals surface area contributed by atoms with Crippen LogP contribution in [0.25, 0.3) is 10.8 Å². The number of benzene rings is 2. The third-order valence-electron chi connectivity index (χ3n) is 2.45. The molecule has 2 rings (SSSR count). The molecular formula is C10H10N2O4S. The molecule has 0 bridgehead atoms. The lowest BCUT2D eigenvalue weighted by Gasteiger charge is -2.10. The SMILES string of the molecule is Nc1c(S(=O)(=O)O)cc2cccc(N)c2c1O. The van der Waals surface area contributed by atoms with E-state index in [0.717, 1.165) is 6.07 Å². The van der Waals surface area contributed by atoms with Crippen LogP contribution in [0.5, 0.6) is 5.75 Å². The molecule has 0 spiro atoms. The Morgan fingerprint density at radius 3 is 2.41 bits per heavy atom. The van der Waals surface area contributed by atoms with Crippen molar-refractivity contribution in [1.29, 1.82) is 0 Å². The van der Waals surface area contributed by atoms with Crippen molar-refractivity contribution in [2.24, 2.45) is 0 Å². The van der Waals surface area contributed by atoms with E-state index in [1.54, 1.807) is 18.2 Å². The number of hydrogen-bond acceptors (Lipinski definition) is 5. The third kappa shape index (κ3) is 1.75. The summed E-state index contributed by atoms with van der Waals surface area (Å²) in [4.78, 5) is -0.534. The van der Waals surface area contributed by atoms with Crippen LogP contribution >= 0.6 is 0 Å². The van der Waals surface area contributed by atoms with Crippen molar-refractivity contribution < 1.29 is 18.1 Å². The van der Waals surface area contributed by atoms with Gasteiger partial charge < -0.3 is 16.6 Å². The van der Waals surface area contributed by atoms with Crippen LogP contribution in [0.3, 0.4) is 0 Å². The van der Waals surface area contributed by atoms with E-state index in [9.17, 15) is 13.5 Å². The second kappa shape index (κ2) is 3.51. The maximum absolute atomic E-state index is 11.1. The van der Waals surface area contributed by atoms with Crippen molar-refractivity contribution in [3.63, 3.8) is 0 Å². The van der Waals surface area contributed by atoms with Crippen LogP contribution in [0, 0.1) is 0 Å². The summed E-state index contributed by atoms with van der Waals surface area (Å²) in [6.07, 6.45) is 0. The van der Waals surface area contributed by atoms with E-state index in [1.807, 2.05) is 0 Å². The Balaban J connectivity index is 3.00. The number of hydrogen-bond donors (Lipinski definition) is 4. The van der Waals surface area contributed by atoms with Crippen molar-refractivity contribution in [2.45, 2.75) is 4.90 Å². The highest BCUT2D eigenvalue weighted by molar-refractivity contribution is 7.86. The third-order valence-corrected chi connectivity index (χ3v) is 3.34. The Morgan fingerprint density at radius 2 is 1.82 bits per heavy atom. The normalized spacial score (nSPS) is 11.8. The summed E-state index contributed by atoms with van der Waals surface area (Å²) in [7, 11) is -4.49. The van der Waals surface area contributed by atoms with Gasteiger partial charge in [-0.3, -0.25) is 4.55 Å². The lowest BCUT2D eigenvalue weighted by molar-refractivity contribution is 0.473. The fourth-order valence-corrected chi connectivity index (χ4v) is 2.32. The van der Waals surface area contributed by atoms with Gasteiger partial charge in [0.1, 0.15) is 10.6 Å². The van der Waals surface area contributed by atoms with Gasteiger partial charge in [0.2, 0.25) is 0 Å². The van der Waals surface area contributed by atoms with Gasteiger partial charge in [0, 0.05) is 11.1 Å². The van der Waals surface area contributed by atoms with Crippen molar-refractivity contribution in [1.82, 2.24) is 0 Å². The van der Waals surface area contributed by atoms with Crippen LogP contribution in [0.2, 0.25) is 0 Å². The van der Waals surface area contributed by atoms with Crippen LogP contribution in [0.4, 0.5) is 11.4 Å². The van der Waals surface area contributed by atoms with Gasteiger partial charge in [-0.2, -0.15) is 8.42 Å². The number of nitrogens with two attached hydrogens (primary N) is 2. The molecule has 17 heavy (non-hydrogen) atoms. The summed E-state index contributed by atoms with van der Waals surface area (Å²) in [6, 6.07) is 5.87. The lowest BCUT2D eigenvalue weighted by atomic mass is 10.1. The maximum atomic E-state index is 11.1. The molecule has 0 radical (unpaired) electrons. The smallest absolute Gasteiger partial charge is 0.296 e. The highest BCUT2D eigenvalue weighted by Gasteiger charge is 2.20. The number of fused-ring (bicyclic) bond motifs is 1. The van der Waals surface area contributed by atoms with E-state index >= 15 is 0 Å². The molecule has 0 aliphatic heterocycles. The number of aromatic hydroxyl groups is 1. The van der Waals surface area contributed by atoms with Crippen LogP contribution in [0.15, 0.2) is 29.2 Å². The van der Waals surface area contributed by atoms with Crippen molar-refractivity contribution in [3.05, 3.63) is 24.3 Å². The Labute approximate surface area is 97.2 Å². The average Bonchev–Trinajstić information content (AvgIpc) is 2.21. The van der Waals surface area contributed by atoms with E-state index in [-0.39, 0.29) is 11.1 Å². The van der Waals surface area contributed by atoms with Gasteiger partial charge in [-0.15, -0.1) is 0 Å². The summed E-state index contributed by atoms with van der Waals surface area (Å²) < 4.78 is 31.1. The molecule has 6 N–H and O–H groups in total. The molecule has 0 heterocycles. The summed E-state index contributed by atoms with van der Waals surface area (Å²) in [5.41, 5.74) is 11.0. The van der Waals surface area contributed by atoms with Gasteiger partial charge in [-0.05, 0) is 17.5 Å². The zero-order valence-electron chi connectivity index (χ0n) is 8.58. The van der Waals surface area contributed by atoms with E-state index in [2.05, 4.69) is 0 Å². The van der Waals surface area contributed by atoms with Crippen molar-refractivity contribution in [2.75, 3.05) is 11.5 Å². The first-order valence-electron chi connectivity index (χ1n) is 4.59. The quantitative estimate of drug-likeness (QED) is 0.341. The summed E-state index contributed by atoms with van der Waals surface area (Å²) >= 11 is 0. The predicted octanol–water partition coefficient (Wildman–Crippen LogP) is 0.957. The van der Waals surface area contributed by atoms with Gasteiger partial charge in [0.25, 0.3) is 10.1 Å². The molecule has 7 heteroatoms. The molecule has 0 amide bonds. The molecule has 6 nitrogen and oxygen atoms in total. The largest absolute Gasteiger partial charge is 0.505 e. The van der Waals surface area contributed by atoms with E-state index in [0.29, 0.717) is 5.39 Å². The average molecular weight is 254 g/mol. The summed E-state index contributed by atoms with van der Waals surface area (Å²) in [5, 5.41) is 10.4. The topological polar surface area (TPSA) is 127 Å². The van der Waals surface area contributed by atoms with E-state index in [4.69, 9.17) is 16.0 Å². The minimum absolute atomic E-state index is 0.261. The first-order valence-corrected chi connectivity index (χ1v) is 6.03. The van der Waals surface area contributed by atoms with Crippen LogP contribution < -0.4 is 11.5 Å². The van der Waals surface area contributed by atoms with E-state index < -0.39 is 26.5 Å². The second-order valence-electron chi connectivity index (χ2n) is 3.56. The van der Waals surface area contributed by atoms with Crippen molar-refractivity contribution in [3.8, 4) is 5.75 Å². The molecular weight excluding hydrogens is 244 g/mol. The zero-order valence-corrected chi connectivity index (χ0v) is 9.40. The molecule has 0 aromatic heterocycles. The number of phenols is 1. The molecule has 2 aromatic carbocycles. The highest BCUT2D eigenvalue weighted by Crippen LogP contribution is 2.38. The Hall–Kier alpha value is -1.99. The number of phenolic OH excluding ortho intramolecular Hbond substituents is 1.